The van der Waals surface area contributed by atoms with Gasteiger partial charge in [0.2, 0.25) is 0 Å². The Balaban J connectivity index is 1.46. The van der Waals surface area contributed by atoms with Gasteiger partial charge in [0.05, 0.1) is 27.7 Å². The number of H-pyrrole nitrogens is 1. The summed E-state index contributed by atoms with van der Waals surface area (Å²) in [6, 6.07) is 17.7. The molecule has 1 amide bonds. The van der Waals surface area contributed by atoms with Crippen LogP contribution in [0.3, 0.4) is 0 Å². The van der Waals surface area contributed by atoms with Crippen LogP contribution >= 0.6 is 0 Å². The van der Waals surface area contributed by atoms with E-state index in [1.807, 2.05) is 0 Å². The molecule has 0 unspecified atom stereocenters. The van der Waals surface area contributed by atoms with Crippen LogP contribution in [0.5, 0.6) is 0 Å². The summed E-state index contributed by atoms with van der Waals surface area (Å²) in [6.45, 7) is -0.787. The summed E-state index contributed by atoms with van der Waals surface area (Å²) in [5.41, 5.74) is -0.649. The second kappa shape index (κ2) is 9.80. The maximum Gasteiger partial charge on any atom is 0.418 e. The number of anilines is 1. The molecule has 0 bridgehead atoms. The molecule has 0 aliphatic heterocycles. The Morgan fingerprint density at radius 1 is 0.943 bits per heavy atom. The van der Waals surface area contributed by atoms with Crippen molar-refractivity contribution in [1.82, 2.24) is 9.97 Å². The van der Waals surface area contributed by atoms with Crippen LogP contribution in [0, 0.1) is 0 Å². The number of benzene rings is 3. The maximum absolute atomic E-state index is 13.1. The van der Waals surface area contributed by atoms with Crippen LogP contribution in [0.4, 0.5) is 18.9 Å². The molecular formula is C25H18F3N3O4. The van der Waals surface area contributed by atoms with E-state index in [1.165, 1.54) is 18.2 Å². The molecule has 4 rings (SSSR count). The number of alkyl halides is 3. The highest BCUT2D eigenvalue weighted by Gasteiger charge is 2.33. The molecule has 0 spiro atoms. The fourth-order valence-corrected chi connectivity index (χ4v) is 3.51. The average molecular weight is 481 g/mol. The van der Waals surface area contributed by atoms with Crippen LogP contribution in [-0.2, 0) is 22.1 Å². The molecule has 0 saturated heterocycles. The Hall–Kier alpha value is -4.47. The van der Waals surface area contributed by atoms with E-state index in [9.17, 15) is 27.6 Å². The van der Waals surface area contributed by atoms with Crippen molar-refractivity contribution in [3.63, 3.8) is 0 Å². The van der Waals surface area contributed by atoms with E-state index in [4.69, 9.17) is 4.74 Å². The van der Waals surface area contributed by atoms with Crippen LogP contribution in [0.2, 0.25) is 0 Å². The molecule has 3 aromatic carbocycles. The zero-order chi connectivity index (χ0) is 25.0. The van der Waals surface area contributed by atoms with Gasteiger partial charge in [-0.15, -0.1) is 0 Å². The van der Waals surface area contributed by atoms with Gasteiger partial charge >= 0.3 is 12.1 Å². The van der Waals surface area contributed by atoms with E-state index < -0.39 is 35.9 Å². The molecule has 7 nitrogen and oxygen atoms in total. The third kappa shape index (κ3) is 5.55. The van der Waals surface area contributed by atoms with Gasteiger partial charge in [0.15, 0.2) is 6.61 Å². The predicted octanol–water partition coefficient (Wildman–Crippen LogP) is 4.33. The van der Waals surface area contributed by atoms with Crippen molar-refractivity contribution in [1.29, 1.82) is 0 Å². The number of aromatic nitrogens is 2. The van der Waals surface area contributed by atoms with E-state index in [1.54, 1.807) is 42.5 Å². The molecule has 0 atom stereocenters. The number of ether oxygens (including phenoxy) is 1. The Bertz CT molecular complexity index is 1460. The number of amides is 1. The molecule has 1 heterocycles. The van der Waals surface area contributed by atoms with Crippen molar-refractivity contribution in [2.45, 2.75) is 12.6 Å². The summed E-state index contributed by atoms with van der Waals surface area (Å²) in [5.74, 6) is -1.44. The number of esters is 1. The largest absolute Gasteiger partial charge is 0.452 e. The molecule has 0 fully saturated rings. The van der Waals surface area contributed by atoms with Crippen LogP contribution in [0.1, 0.15) is 27.3 Å². The topological polar surface area (TPSA) is 101 Å². The number of carbonyl (C=O) groups excluding carboxylic acids is 2. The van der Waals surface area contributed by atoms with Gasteiger partial charge in [0.25, 0.3) is 11.5 Å². The summed E-state index contributed by atoms with van der Waals surface area (Å²) < 4.78 is 44.4. The SMILES string of the molecule is O=C(COC(=O)c1ccccc1Cc1nc2ccccc2c(=O)[nH]1)Nc1ccccc1C(F)(F)F. The Kier molecular flexibility index (Phi) is 6.63. The Morgan fingerprint density at radius 2 is 1.63 bits per heavy atom. The summed E-state index contributed by atoms with van der Waals surface area (Å²) in [6.07, 6.45) is -4.55. The second-order valence-corrected chi connectivity index (χ2v) is 7.53. The molecule has 35 heavy (non-hydrogen) atoms. The molecule has 0 aliphatic carbocycles. The first kappa shape index (κ1) is 23.7. The number of nitrogens with one attached hydrogen (secondary N) is 2. The highest BCUT2D eigenvalue weighted by Crippen LogP contribution is 2.34. The van der Waals surface area contributed by atoms with Gasteiger partial charge in [-0.3, -0.25) is 9.59 Å². The fraction of sp³-hybridized carbons (Fsp3) is 0.120. The van der Waals surface area contributed by atoms with Crippen molar-refractivity contribution >= 4 is 28.5 Å². The average Bonchev–Trinajstić information content (AvgIpc) is 2.82. The summed E-state index contributed by atoms with van der Waals surface area (Å²) in [5, 5.41) is 2.55. The highest BCUT2D eigenvalue weighted by atomic mass is 19.4. The maximum atomic E-state index is 13.1. The number of rotatable bonds is 6. The third-order valence-electron chi connectivity index (χ3n) is 5.10. The molecule has 178 valence electrons. The van der Waals surface area contributed by atoms with Gasteiger partial charge in [-0.1, -0.05) is 42.5 Å². The van der Waals surface area contributed by atoms with Gasteiger partial charge in [0.1, 0.15) is 5.82 Å². The van der Waals surface area contributed by atoms with Gasteiger partial charge < -0.3 is 15.0 Å². The van der Waals surface area contributed by atoms with Gasteiger partial charge in [-0.2, -0.15) is 13.2 Å². The van der Waals surface area contributed by atoms with Crippen LogP contribution in [0.25, 0.3) is 10.9 Å². The van der Waals surface area contributed by atoms with E-state index >= 15 is 0 Å². The number of carbonyl (C=O) groups is 2. The van der Waals surface area contributed by atoms with Crippen molar-refractivity contribution in [3.8, 4) is 0 Å². The number of fused-ring (bicyclic) bond motifs is 1. The first-order valence-electron chi connectivity index (χ1n) is 10.4. The lowest BCUT2D eigenvalue weighted by Crippen LogP contribution is -2.23. The molecule has 2 N–H and O–H groups in total. The first-order chi connectivity index (χ1) is 16.7. The normalized spacial score (nSPS) is 11.3. The monoisotopic (exact) mass is 481 g/mol. The molecule has 0 radical (unpaired) electrons. The second-order valence-electron chi connectivity index (χ2n) is 7.53. The van der Waals surface area contributed by atoms with E-state index in [-0.39, 0.29) is 17.5 Å². The quantitative estimate of drug-likeness (QED) is 0.400. The molecular weight excluding hydrogens is 463 g/mol. The van der Waals surface area contributed by atoms with Crippen LogP contribution < -0.4 is 10.9 Å². The zero-order valence-corrected chi connectivity index (χ0v) is 18.1. The lowest BCUT2D eigenvalue weighted by atomic mass is 10.0. The van der Waals surface area contributed by atoms with E-state index in [0.29, 0.717) is 22.3 Å². The number of hydrogen-bond donors (Lipinski definition) is 2. The summed E-state index contributed by atoms with van der Waals surface area (Å²) in [7, 11) is 0. The Morgan fingerprint density at radius 3 is 2.43 bits per heavy atom. The Labute approximate surface area is 196 Å². The van der Waals surface area contributed by atoms with Crippen molar-refractivity contribution in [2.24, 2.45) is 0 Å². The summed E-state index contributed by atoms with van der Waals surface area (Å²) in [4.78, 5) is 44.2. The minimum absolute atomic E-state index is 0.108. The van der Waals surface area contributed by atoms with Crippen molar-refractivity contribution in [2.75, 3.05) is 11.9 Å². The zero-order valence-electron chi connectivity index (χ0n) is 18.1. The molecule has 4 aromatic rings. The lowest BCUT2D eigenvalue weighted by molar-refractivity contribution is -0.137. The molecule has 10 heteroatoms. The number of hydrogen-bond acceptors (Lipinski definition) is 5. The van der Waals surface area contributed by atoms with Crippen LogP contribution in [0.15, 0.2) is 77.6 Å². The lowest BCUT2D eigenvalue weighted by Gasteiger charge is -2.14. The first-order valence-corrected chi connectivity index (χ1v) is 10.4. The predicted molar refractivity (Wildman–Crippen MR) is 122 cm³/mol. The van der Waals surface area contributed by atoms with Gasteiger partial charge in [0, 0.05) is 6.42 Å². The highest BCUT2D eigenvalue weighted by molar-refractivity contribution is 5.96. The smallest absolute Gasteiger partial charge is 0.418 e. The molecule has 0 saturated carbocycles. The van der Waals surface area contributed by atoms with Crippen LogP contribution in [-0.4, -0.2) is 28.5 Å². The van der Waals surface area contributed by atoms with Gasteiger partial charge in [-0.05, 0) is 35.9 Å². The minimum atomic E-state index is -4.66. The third-order valence-corrected chi connectivity index (χ3v) is 5.10. The summed E-state index contributed by atoms with van der Waals surface area (Å²) >= 11 is 0. The number of nitrogens with zero attached hydrogens (tertiary/aromatic N) is 1. The van der Waals surface area contributed by atoms with E-state index in [0.717, 1.165) is 12.1 Å². The van der Waals surface area contributed by atoms with Gasteiger partial charge in [-0.25, -0.2) is 9.78 Å². The number of aromatic amines is 1. The minimum Gasteiger partial charge on any atom is -0.452 e. The standard InChI is InChI=1S/C25H18F3N3O4/c26-25(27,28)18-10-4-6-12-20(18)30-22(32)14-35-24(34)16-8-2-1-7-15(16)13-21-29-19-11-5-3-9-17(19)23(33)31-21/h1-12H,13-14H2,(H,30,32)(H,29,31,33). The molecule has 0 aliphatic rings. The number of para-hydroxylation sites is 2. The van der Waals surface area contributed by atoms with Crippen molar-refractivity contribution < 1.29 is 27.5 Å². The van der Waals surface area contributed by atoms with Crippen molar-refractivity contribution in [3.05, 3.63) is 106 Å². The van der Waals surface area contributed by atoms with E-state index in [2.05, 4.69) is 15.3 Å². The number of halogens is 3. The fourth-order valence-electron chi connectivity index (χ4n) is 3.51. The molecule has 1 aromatic heterocycles.